The van der Waals surface area contributed by atoms with Crippen LogP contribution in [0.4, 0.5) is 34.1 Å². The molecule has 0 aliphatic carbocycles. The van der Waals surface area contributed by atoms with Crippen molar-refractivity contribution in [1.29, 1.82) is 0 Å². The third kappa shape index (κ3) is 6.40. The van der Waals surface area contributed by atoms with Crippen LogP contribution < -0.4 is 9.80 Å². The number of hydrogen-bond donors (Lipinski definition) is 0. The second-order valence-electron chi connectivity index (χ2n) is 14.0. The zero-order chi connectivity index (χ0) is 36.4. The summed E-state index contributed by atoms with van der Waals surface area (Å²) in [6, 6.07) is 74.5. The van der Waals surface area contributed by atoms with Crippen LogP contribution in [0.3, 0.4) is 0 Å². The molecule has 9 rings (SSSR count). The first kappa shape index (κ1) is 33.0. The molecule has 54 heavy (non-hydrogen) atoms. The van der Waals surface area contributed by atoms with E-state index in [1.807, 2.05) is 0 Å². The minimum atomic E-state index is 1.12. The van der Waals surface area contributed by atoms with E-state index in [9.17, 15) is 0 Å². The summed E-state index contributed by atoms with van der Waals surface area (Å²) in [6.07, 6.45) is 0. The molecule has 0 aliphatic rings. The van der Waals surface area contributed by atoms with Crippen LogP contribution in [0.15, 0.2) is 206 Å². The number of rotatable bonds is 8. The molecule has 0 aromatic heterocycles. The van der Waals surface area contributed by atoms with Crippen molar-refractivity contribution < 1.29 is 0 Å². The van der Waals surface area contributed by atoms with Crippen LogP contribution in [-0.4, -0.2) is 0 Å². The molecule has 0 heterocycles. The average Bonchev–Trinajstić information content (AvgIpc) is 3.22. The van der Waals surface area contributed by atoms with E-state index in [4.69, 9.17) is 0 Å². The molecule has 0 fully saturated rings. The summed E-state index contributed by atoms with van der Waals surface area (Å²) >= 11 is 0. The van der Waals surface area contributed by atoms with Crippen LogP contribution in [0, 0.1) is 13.8 Å². The highest BCUT2D eigenvalue weighted by Crippen LogP contribution is 2.42. The van der Waals surface area contributed by atoms with Crippen molar-refractivity contribution in [2.45, 2.75) is 13.8 Å². The van der Waals surface area contributed by atoms with Gasteiger partial charge in [-0.3, -0.25) is 0 Å². The minimum Gasteiger partial charge on any atom is -0.310 e. The summed E-state index contributed by atoms with van der Waals surface area (Å²) in [6.45, 7) is 4.32. The first-order chi connectivity index (χ1) is 26.6. The van der Waals surface area contributed by atoms with Gasteiger partial charge in [-0.15, -0.1) is 0 Å². The van der Waals surface area contributed by atoms with Crippen molar-refractivity contribution in [3.05, 3.63) is 217 Å². The highest BCUT2D eigenvalue weighted by atomic mass is 15.1. The normalized spacial score (nSPS) is 11.1. The molecule has 9 aromatic rings. The number of hydrogen-bond acceptors (Lipinski definition) is 2. The maximum atomic E-state index is 2.37. The largest absolute Gasteiger partial charge is 0.310 e. The Morgan fingerprint density at radius 2 is 0.685 bits per heavy atom. The quantitative estimate of drug-likeness (QED) is 0.156. The first-order valence-corrected chi connectivity index (χ1v) is 18.6. The lowest BCUT2D eigenvalue weighted by Crippen LogP contribution is -2.10. The third-order valence-electron chi connectivity index (χ3n) is 10.3. The van der Waals surface area contributed by atoms with Gasteiger partial charge in [-0.1, -0.05) is 151 Å². The first-order valence-electron chi connectivity index (χ1n) is 18.6. The Morgan fingerprint density at radius 3 is 1.24 bits per heavy atom. The number of para-hydroxylation sites is 2. The monoisotopic (exact) mass is 692 g/mol. The van der Waals surface area contributed by atoms with Gasteiger partial charge >= 0.3 is 0 Å². The molecule has 2 heteroatoms. The molecule has 0 radical (unpaired) electrons. The Morgan fingerprint density at radius 1 is 0.278 bits per heavy atom. The number of anilines is 6. The zero-order valence-electron chi connectivity index (χ0n) is 30.5. The summed E-state index contributed by atoms with van der Waals surface area (Å²) < 4.78 is 0. The predicted octanol–water partition coefficient (Wildman–Crippen LogP) is 14.9. The van der Waals surface area contributed by atoms with E-state index in [0.29, 0.717) is 0 Å². The van der Waals surface area contributed by atoms with Crippen LogP contribution >= 0.6 is 0 Å². The van der Waals surface area contributed by atoms with Gasteiger partial charge in [0.15, 0.2) is 0 Å². The van der Waals surface area contributed by atoms with Gasteiger partial charge in [-0.25, -0.2) is 0 Å². The second kappa shape index (κ2) is 14.3. The zero-order valence-corrected chi connectivity index (χ0v) is 30.5. The predicted molar refractivity (Wildman–Crippen MR) is 231 cm³/mol. The molecule has 258 valence electrons. The number of nitrogens with zero attached hydrogens (tertiary/aromatic N) is 2. The van der Waals surface area contributed by atoms with E-state index < -0.39 is 0 Å². The van der Waals surface area contributed by atoms with Crippen molar-refractivity contribution in [2.75, 3.05) is 9.80 Å². The van der Waals surface area contributed by atoms with E-state index >= 15 is 0 Å². The summed E-state index contributed by atoms with van der Waals surface area (Å²) in [5, 5.41) is 4.95. The Hall–Kier alpha value is -6.90. The summed E-state index contributed by atoms with van der Waals surface area (Å²) in [5.41, 5.74) is 14.1. The molecule has 0 saturated heterocycles. The van der Waals surface area contributed by atoms with Gasteiger partial charge in [0, 0.05) is 33.5 Å². The van der Waals surface area contributed by atoms with Gasteiger partial charge in [0.25, 0.3) is 0 Å². The summed E-state index contributed by atoms with van der Waals surface area (Å²) in [7, 11) is 0. The molecule has 0 aliphatic heterocycles. The SMILES string of the molecule is Cc1ccc2c(N(c3ccccc3)c3ccc(-c4ccc(-c5ccc(N(c6ccccc6)c6cc(C)cc7ccccc67)cc5)cc4)cc3)cccc2c1. The van der Waals surface area contributed by atoms with Gasteiger partial charge in [0.05, 0.1) is 11.4 Å². The van der Waals surface area contributed by atoms with Crippen molar-refractivity contribution in [3.63, 3.8) is 0 Å². The molecule has 0 saturated carbocycles. The van der Waals surface area contributed by atoms with Crippen LogP contribution in [0.25, 0.3) is 43.8 Å². The van der Waals surface area contributed by atoms with Crippen LogP contribution in [0.1, 0.15) is 11.1 Å². The number of benzene rings is 9. The van der Waals surface area contributed by atoms with Crippen LogP contribution in [-0.2, 0) is 0 Å². The maximum Gasteiger partial charge on any atom is 0.0542 e. The Balaban J connectivity index is 1.01. The second-order valence-corrected chi connectivity index (χ2v) is 14.0. The standard InChI is InChI=1S/C52H40N2/c1-37-20-33-50-44(34-37)13-11-19-51(50)53(45-14-5-3-6-15-45)47-29-25-41(26-30-47)39-21-23-40(24-22-39)42-27-31-48(32-28-42)54(46-16-7-4-8-17-46)52-36-38(2)35-43-12-9-10-18-49(43)52/h3-36H,1-2H3. The van der Waals surface area contributed by atoms with Crippen molar-refractivity contribution in [3.8, 4) is 22.3 Å². The molecule has 0 N–H and O–H groups in total. The van der Waals surface area contributed by atoms with E-state index in [1.165, 1.54) is 66.3 Å². The topological polar surface area (TPSA) is 6.48 Å². The number of aryl methyl sites for hydroxylation is 2. The van der Waals surface area contributed by atoms with Crippen molar-refractivity contribution >= 4 is 55.7 Å². The fourth-order valence-corrected chi connectivity index (χ4v) is 7.67. The Kier molecular flexibility index (Phi) is 8.70. The summed E-state index contributed by atoms with van der Waals surface area (Å²) in [5.74, 6) is 0. The van der Waals surface area contributed by atoms with Gasteiger partial charge in [0.2, 0.25) is 0 Å². The van der Waals surface area contributed by atoms with Gasteiger partial charge < -0.3 is 9.80 Å². The third-order valence-corrected chi connectivity index (χ3v) is 10.3. The molecule has 0 unspecified atom stereocenters. The van der Waals surface area contributed by atoms with E-state index in [1.54, 1.807) is 0 Å². The summed E-state index contributed by atoms with van der Waals surface area (Å²) in [4.78, 5) is 4.72. The average molecular weight is 693 g/mol. The lowest BCUT2D eigenvalue weighted by molar-refractivity contribution is 1.29. The van der Waals surface area contributed by atoms with E-state index in [2.05, 4.69) is 230 Å². The minimum absolute atomic E-state index is 1.12. The fraction of sp³-hybridized carbons (Fsp3) is 0.0385. The Labute approximate surface area is 317 Å². The highest BCUT2D eigenvalue weighted by Gasteiger charge is 2.17. The van der Waals surface area contributed by atoms with Crippen LogP contribution in [0.2, 0.25) is 0 Å². The van der Waals surface area contributed by atoms with Crippen molar-refractivity contribution in [1.82, 2.24) is 0 Å². The highest BCUT2D eigenvalue weighted by molar-refractivity contribution is 6.00. The molecular weight excluding hydrogens is 653 g/mol. The van der Waals surface area contributed by atoms with E-state index in [-0.39, 0.29) is 0 Å². The molecule has 2 nitrogen and oxygen atoms in total. The van der Waals surface area contributed by atoms with Gasteiger partial charge in [-0.2, -0.15) is 0 Å². The van der Waals surface area contributed by atoms with Crippen molar-refractivity contribution in [2.24, 2.45) is 0 Å². The molecule has 0 amide bonds. The molecule has 0 atom stereocenters. The Bertz CT molecular complexity index is 2700. The molecule has 0 spiro atoms. The van der Waals surface area contributed by atoms with Gasteiger partial charge in [-0.05, 0) is 113 Å². The van der Waals surface area contributed by atoms with Crippen LogP contribution in [0.5, 0.6) is 0 Å². The fourth-order valence-electron chi connectivity index (χ4n) is 7.67. The van der Waals surface area contributed by atoms with E-state index in [0.717, 1.165) is 22.7 Å². The molecule has 9 aromatic carbocycles. The molecule has 0 bridgehead atoms. The smallest absolute Gasteiger partial charge is 0.0542 e. The number of fused-ring (bicyclic) bond motifs is 2. The van der Waals surface area contributed by atoms with Gasteiger partial charge in [0.1, 0.15) is 0 Å². The lowest BCUT2D eigenvalue weighted by atomic mass is 9.99. The lowest BCUT2D eigenvalue weighted by Gasteiger charge is -2.27. The molecular formula is C52H40N2. The maximum absolute atomic E-state index is 2.37.